The lowest BCUT2D eigenvalue weighted by atomic mass is 9.79. The fraction of sp³-hybridized carbons (Fsp3) is 0.913. The van der Waals surface area contributed by atoms with Gasteiger partial charge < -0.3 is 72.7 Å². The molecule has 0 aromatic carbocycles. The first-order valence-corrected chi connectivity index (χ1v) is 23.1. The summed E-state index contributed by atoms with van der Waals surface area (Å²) >= 11 is 0. The van der Waals surface area contributed by atoms with E-state index in [1.165, 1.54) is 14.2 Å². The minimum absolute atomic E-state index is 0.0253. The van der Waals surface area contributed by atoms with Gasteiger partial charge in [-0.15, -0.1) is 0 Å². The Labute approximate surface area is 374 Å². The molecule has 4 saturated heterocycles. The van der Waals surface area contributed by atoms with Crippen molar-refractivity contribution in [1.29, 1.82) is 0 Å². The van der Waals surface area contributed by atoms with Crippen LogP contribution in [0.4, 0.5) is 0 Å². The summed E-state index contributed by atoms with van der Waals surface area (Å²) in [5, 5.41) is 43.9. The van der Waals surface area contributed by atoms with E-state index in [1.807, 2.05) is 60.5 Å². The molecule has 63 heavy (non-hydrogen) atoms. The van der Waals surface area contributed by atoms with E-state index in [0.717, 1.165) is 0 Å². The highest BCUT2D eigenvalue weighted by Gasteiger charge is 2.58. The third kappa shape index (κ3) is 12.3. The van der Waals surface area contributed by atoms with Gasteiger partial charge in [0.15, 0.2) is 24.7 Å². The minimum atomic E-state index is -1.39. The number of esters is 1. The Hall–Kier alpha value is -1.68. The molecule has 5 heterocycles. The highest BCUT2D eigenvalue weighted by atomic mass is 16.7. The number of epoxide rings is 1. The number of aliphatic hydroxyl groups is 4. The predicted molar refractivity (Wildman–Crippen MR) is 228 cm³/mol. The van der Waals surface area contributed by atoms with Crippen LogP contribution < -0.4 is 0 Å². The molecular weight excluding hydrogens is 822 g/mol. The van der Waals surface area contributed by atoms with Crippen LogP contribution in [0, 0.1) is 23.7 Å². The summed E-state index contributed by atoms with van der Waals surface area (Å²) in [7, 11) is 6.86. The van der Waals surface area contributed by atoms with Crippen molar-refractivity contribution >= 4 is 11.8 Å². The monoisotopic (exact) mass is 902 g/mol. The van der Waals surface area contributed by atoms with Crippen molar-refractivity contribution in [2.45, 2.75) is 210 Å². The van der Waals surface area contributed by atoms with Crippen LogP contribution >= 0.6 is 0 Å². The quantitative estimate of drug-likeness (QED) is 0.164. The molecule has 22 unspecified atom stereocenters. The van der Waals surface area contributed by atoms with E-state index in [4.69, 9.17) is 47.4 Å². The van der Waals surface area contributed by atoms with Gasteiger partial charge in [-0.05, 0) is 79.6 Å². The molecule has 0 saturated carbocycles. The number of hydrogen-bond donors (Lipinski definition) is 4. The molecule has 0 bridgehead atoms. The number of ketones is 1. The van der Waals surface area contributed by atoms with Crippen LogP contribution in [0.1, 0.15) is 101 Å². The SMILES string of the molecule is CCC1CC(C)C(=O)C=CC2(C)OC2C(COC2OC(C)C(O)C(OC)C2OC)C(CC)OC(=O)CC(O)C(C)C1OC1CC(N(C)C)C(OC2CC(C)(O)C(O)C(C)O2)C(C)O1. The first kappa shape index (κ1) is 52.3. The number of methoxy groups -OCH3 is 2. The Bertz CT molecular complexity index is 1520. The Morgan fingerprint density at radius 1 is 0.825 bits per heavy atom. The molecule has 5 rings (SSSR count). The molecule has 5 aliphatic heterocycles. The number of rotatable bonds is 12. The maximum Gasteiger partial charge on any atom is 0.308 e. The van der Waals surface area contributed by atoms with Crippen molar-refractivity contribution < 1.29 is 77.4 Å². The van der Waals surface area contributed by atoms with Gasteiger partial charge >= 0.3 is 5.97 Å². The third-order valence-electron chi connectivity index (χ3n) is 14.4. The molecule has 0 aromatic rings. The van der Waals surface area contributed by atoms with E-state index in [1.54, 1.807) is 32.9 Å². The van der Waals surface area contributed by atoms with Crippen molar-refractivity contribution in [2.24, 2.45) is 23.7 Å². The highest BCUT2D eigenvalue weighted by Crippen LogP contribution is 2.46. The Balaban J connectivity index is 1.36. The van der Waals surface area contributed by atoms with Gasteiger partial charge in [0.05, 0.1) is 55.3 Å². The summed E-state index contributed by atoms with van der Waals surface area (Å²) in [5.41, 5.74) is -2.24. The molecule has 17 heteroatoms. The first-order valence-electron chi connectivity index (χ1n) is 23.1. The Morgan fingerprint density at radius 2 is 1.48 bits per heavy atom. The van der Waals surface area contributed by atoms with E-state index in [9.17, 15) is 30.0 Å². The third-order valence-corrected chi connectivity index (χ3v) is 14.4. The topological polar surface area (TPSA) is 214 Å². The molecule has 4 fully saturated rings. The van der Waals surface area contributed by atoms with E-state index >= 15 is 0 Å². The summed E-state index contributed by atoms with van der Waals surface area (Å²) in [5.74, 6) is -2.37. The number of carbonyl (C=O) groups is 2. The van der Waals surface area contributed by atoms with Gasteiger partial charge in [0, 0.05) is 50.9 Å². The highest BCUT2D eigenvalue weighted by molar-refractivity contribution is 5.91. The molecule has 0 amide bonds. The molecule has 17 nitrogen and oxygen atoms in total. The van der Waals surface area contributed by atoms with Gasteiger partial charge in [-0.1, -0.05) is 34.1 Å². The average Bonchev–Trinajstić information content (AvgIpc) is 3.90. The van der Waals surface area contributed by atoms with Crippen molar-refractivity contribution in [3.8, 4) is 0 Å². The van der Waals surface area contributed by atoms with E-state index in [-0.39, 0.29) is 37.2 Å². The fourth-order valence-electron chi connectivity index (χ4n) is 10.1. The summed E-state index contributed by atoms with van der Waals surface area (Å²) < 4.78 is 61.9. The fourth-order valence-corrected chi connectivity index (χ4v) is 10.1. The average molecular weight is 902 g/mol. The van der Waals surface area contributed by atoms with Gasteiger partial charge in [0.25, 0.3) is 0 Å². The second-order valence-electron chi connectivity index (χ2n) is 19.4. The van der Waals surface area contributed by atoms with Gasteiger partial charge in [-0.3, -0.25) is 9.59 Å². The number of ether oxygens (including phenoxy) is 10. The number of likely N-dealkylation sites (N-methyl/N-ethyl adjacent to an activating group) is 1. The van der Waals surface area contributed by atoms with Gasteiger partial charge in [0.2, 0.25) is 0 Å². The molecule has 0 aliphatic carbocycles. The first-order chi connectivity index (χ1) is 29.6. The summed E-state index contributed by atoms with van der Waals surface area (Å²) in [6.07, 6.45) is -6.07. The number of cyclic esters (lactones) is 1. The molecular formula is C46H79NO16. The van der Waals surface area contributed by atoms with E-state index < -0.39 is 127 Å². The van der Waals surface area contributed by atoms with Crippen LogP contribution in [0.5, 0.6) is 0 Å². The van der Waals surface area contributed by atoms with Crippen LogP contribution in [0.15, 0.2) is 12.2 Å². The molecule has 5 aliphatic rings. The molecule has 364 valence electrons. The summed E-state index contributed by atoms with van der Waals surface area (Å²) in [4.78, 5) is 29.7. The van der Waals surface area contributed by atoms with Gasteiger partial charge in [0.1, 0.15) is 42.2 Å². The van der Waals surface area contributed by atoms with Crippen molar-refractivity contribution in [3.63, 3.8) is 0 Å². The van der Waals surface area contributed by atoms with Crippen molar-refractivity contribution in [3.05, 3.63) is 12.2 Å². The zero-order valence-corrected chi connectivity index (χ0v) is 39.8. The maximum atomic E-state index is 13.9. The zero-order valence-electron chi connectivity index (χ0n) is 39.8. The number of carbonyl (C=O) groups excluding carboxylic acids is 2. The number of aliphatic hydroxyl groups excluding tert-OH is 3. The number of fused-ring (bicyclic) bond motifs is 1. The van der Waals surface area contributed by atoms with Crippen LogP contribution in [-0.4, -0.2) is 181 Å². The lowest BCUT2D eigenvalue weighted by Gasteiger charge is -2.48. The van der Waals surface area contributed by atoms with Crippen molar-refractivity contribution in [1.82, 2.24) is 4.90 Å². The standard InChI is InChI=1S/C46H79NO16/c1-14-28-18-23(3)31(48)16-17-46(9)43(63-46)29(22-56-44-41(55-13)40(54-12)37(51)25(5)59-44)33(15-2)60-34(50)20-32(49)24(4)38(28)61-35-19-30(47(10)11)39(26(6)57-35)62-36-21-45(8,53)42(52)27(7)58-36/h16-17,23-30,32-33,35-44,49,51-53H,14-15,18-22H2,1-13H3. The Morgan fingerprint density at radius 3 is 2.08 bits per heavy atom. The second-order valence-corrected chi connectivity index (χ2v) is 19.4. The summed E-state index contributed by atoms with van der Waals surface area (Å²) in [6.45, 7) is 16.5. The van der Waals surface area contributed by atoms with Crippen LogP contribution in [0.3, 0.4) is 0 Å². The van der Waals surface area contributed by atoms with Gasteiger partial charge in [-0.25, -0.2) is 0 Å². The van der Waals surface area contributed by atoms with Crippen LogP contribution in [0.2, 0.25) is 0 Å². The normalized spacial score (nSPS) is 48.2. The van der Waals surface area contributed by atoms with Crippen LogP contribution in [-0.2, 0) is 57.0 Å². The van der Waals surface area contributed by atoms with E-state index in [0.29, 0.717) is 25.7 Å². The van der Waals surface area contributed by atoms with Crippen molar-refractivity contribution in [2.75, 3.05) is 34.9 Å². The molecule has 0 radical (unpaired) electrons. The largest absolute Gasteiger partial charge is 0.462 e. The maximum absolute atomic E-state index is 13.9. The molecule has 0 spiro atoms. The zero-order chi connectivity index (χ0) is 46.7. The number of hydrogen-bond acceptors (Lipinski definition) is 17. The molecule has 0 aromatic heterocycles. The molecule has 4 N–H and O–H groups in total. The molecule has 22 atom stereocenters. The number of nitrogens with zero attached hydrogens (tertiary/aromatic N) is 1. The van der Waals surface area contributed by atoms with Crippen LogP contribution in [0.25, 0.3) is 0 Å². The smallest absolute Gasteiger partial charge is 0.308 e. The van der Waals surface area contributed by atoms with E-state index in [2.05, 4.69) is 0 Å². The lowest BCUT2D eigenvalue weighted by molar-refractivity contribution is -0.322. The Kier molecular flexibility index (Phi) is 18.2. The lowest BCUT2D eigenvalue weighted by Crippen LogP contribution is -2.60. The summed E-state index contributed by atoms with van der Waals surface area (Å²) in [6, 6.07) is -0.208. The second kappa shape index (κ2) is 22.0. The minimum Gasteiger partial charge on any atom is -0.462 e. The predicted octanol–water partition coefficient (Wildman–Crippen LogP) is 2.89. The number of allylic oxidation sites excluding steroid dienone is 1. The van der Waals surface area contributed by atoms with Gasteiger partial charge in [-0.2, -0.15) is 0 Å².